The van der Waals surface area contributed by atoms with E-state index in [-0.39, 0.29) is 23.8 Å². The van der Waals surface area contributed by atoms with Crippen LogP contribution < -0.4 is 4.90 Å². The Morgan fingerprint density at radius 3 is 2.59 bits per heavy atom. The number of benzene rings is 2. The van der Waals surface area contributed by atoms with Crippen molar-refractivity contribution in [2.24, 2.45) is 0 Å². The second kappa shape index (κ2) is 9.22. The third-order valence-corrected chi connectivity index (χ3v) is 7.83. The van der Waals surface area contributed by atoms with E-state index in [1.165, 1.54) is 34.6 Å². The standard InChI is InChI=1S/C23H21FN2O4S2/c1-2-16-5-3-7-20-22(16)25-23(31-20)26(15-18-6-4-13-30-18)21(27)12-14-32(28,29)19-10-8-17(24)9-11-19/h3-11,13H,2,12,14-15H2,1H3. The number of rotatable bonds is 8. The van der Waals surface area contributed by atoms with Crippen LogP contribution in [0.3, 0.4) is 0 Å². The fourth-order valence-electron chi connectivity index (χ4n) is 3.33. The van der Waals surface area contributed by atoms with E-state index >= 15 is 0 Å². The molecule has 0 N–H and O–H groups in total. The number of amides is 1. The van der Waals surface area contributed by atoms with Crippen molar-refractivity contribution in [1.82, 2.24) is 4.98 Å². The van der Waals surface area contributed by atoms with Crippen LogP contribution in [0.2, 0.25) is 0 Å². The minimum Gasteiger partial charge on any atom is -0.467 e. The number of thiazole rings is 1. The van der Waals surface area contributed by atoms with Gasteiger partial charge in [-0.1, -0.05) is 30.4 Å². The summed E-state index contributed by atoms with van der Waals surface area (Å²) in [6, 6.07) is 14.0. The fourth-order valence-corrected chi connectivity index (χ4v) is 5.59. The van der Waals surface area contributed by atoms with E-state index in [2.05, 4.69) is 4.98 Å². The van der Waals surface area contributed by atoms with E-state index in [0.29, 0.717) is 10.9 Å². The van der Waals surface area contributed by atoms with Gasteiger partial charge in [-0.05, 0) is 54.4 Å². The molecule has 0 radical (unpaired) electrons. The van der Waals surface area contributed by atoms with Crippen LogP contribution in [0.4, 0.5) is 9.52 Å². The number of fused-ring (bicyclic) bond motifs is 1. The predicted octanol–water partition coefficient (Wildman–Crippen LogP) is 4.99. The second-order valence-electron chi connectivity index (χ2n) is 7.20. The van der Waals surface area contributed by atoms with E-state index in [4.69, 9.17) is 4.42 Å². The maximum atomic E-state index is 13.2. The number of carbonyl (C=O) groups is 1. The van der Waals surface area contributed by atoms with Gasteiger partial charge in [-0.25, -0.2) is 17.8 Å². The van der Waals surface area contributed by atoms with E-state index < -0.39 is 21.4 Å². The molecule has 166 valence electrons. The molecule has 0 fully saturated rings. The first-order valence-corrected chi connectivity index (χ1v) is 12.5. The molecule has 0 aliphatic carbocycles. The first-order chi connectivity index (χ1) is 15.4. The van der Waals surface area contributed by atoms with Crippen LogP contribution in [0.25, 0.3) is 10.2 Å². The zero-order valence-electron chi connectivity index (χ0n) is 17.3. The number of halogens is 1. The summed E-state index contributed by atoms with van der Waals surface area (Å²) in [5, 5.41) is 0.487. The van der Waals surface area contributed by atoms with Gasteiger partial charge >= 0.3 is 0 Å². The highest BCUT2D eigenvalue weighted by Gasteiger charge is 2.24. The van der Waals surface area contributed by atoms with Crippen molar-refractivity contribution >= 4 is 42.4 Å². The molecule has 0 saturated heterocycles. The van der Waals surface area contributed by atoms with Crippen molar-refractivity contribution in [3.8, 4) is 0 Å². The zero-order valence-corrected chi connectivity index (χ0v) is 19.0. The highest BCUT2D eigenvalue weighted by molar-refractivity contribution is 7.91. The topological polar surface area (TPSA) is 80.5 Å². The SMILES string of the molecule is CCc1cccc2sc(N(Cc3ccco3)C(=O)CCS(=O)(=O)c3ccc(F)cc3)nc12. The number of sulfone groups is 1. The Morgan fingerprint density at radius 1 is 1.12 bits per heavy atom. The van der Waals surface area contributed by atoms with E-state index in [1.807, 2.05) is 25.1 Å². The highest BCUT2D eigenvalue weighted by atomic mass is 32.2. The Hall–Kier alpha value is -3.04. The van der Waals surface area contributed by atoms with E-state index in [9.17, 15) is 17.6 Å². The quantitative estimate of drug-likeness (QED) is 0.338. The summed E-state index contributed by atoms with van der Waals surface area (Å²) in [6.45, 7) is 2.18. The molecule has 0 spiro atoms. The number of hydrogen-bond acceptors (Lipinski definition) is 6. The Bertz CT molecular complexity index is 1330. The van der Waals surface area contributed by atoms with Gasteiger partial charge in [0.25, 0.3) is 0 Å². The highest BCUT2D eigenvalue weighted by Crippen LogP contribution is 2.32. The second-order valence-corrected chi connectivity index (χ2v) is 10.3. The zero-order chi connectivity index (χ0) is 22.7. The fraction of sp³-hybridized carbons (Fsp3) is 0.217. The van der Waals surface area contributed by atoms with Crippen LogP contribution in [0.15, 0.2) is 70.2 Å². The van der Waals surface area contributed by atoms with Crippen LogP contribution in [0.1, 0.15) is 24.7 Å². The normalized spacial score (nSPS) is 11.7. The molecule has 32 heavy (non-hydrogen) atoms. The lowest BCUT2D eigenvalue weighted by atomic mass is 10.1. The van der Waals surface area contributed by atoms with Crippen LogP contribution in [-0.4, -0.2) is 25.1 Å². The van der Waals surface area contributed by atoms with Gasteiger partial charge in [0.2, 0.25) is 5.91 Å². The van der Waals surface area contributed by atoms with Crippen molar-refractivity contribution in [2.45, 2.75) is 31.2 Å². The number of aromatic nitrogens is 1. The molecule has 2 heterocycles. The van der Waals surface area contributed by atoms with Gasteiger partial charge in [0.05, 0.1) is 33.7 Å². The van der Waals surface area contributed by atoms with Crippen molar-refractivity contribution in [3.05, 3.63) is 78.0 Å². The lowest BCUT2D eigenvalue weighted by Gasteiger charge is -2.18. The van der Waals surface area contributed by atoms with Gasteiger partial charge in [0.15, 0.2) is 15.0 Å². The van der Waals surface area contributed by atoms with Crippen molar-refractivity contribution < 1.29 is 22.0 Å². The first-order valence-electron chi connectivity index (χ1n) is 10.1. The molecule has 0 atom stereocenters. The van der Waals surface area contributed by atoms with E-state index in [1.54, 1.807) is 12.1 Å². The van der Waals surface area contributed by atoms with Gasteiger partial charge in [-0.15, -0.1) is 0 Å². The van der Waals surface area contributed by atoms with Crippen molar-refractivity contribution in [2.75, 3.05) is 10.7 Å². The van der Waals surface area contributed by atoms with Crippen LogP contribution >= 0.6 is 11.3 Å². The first kappa shape index (κ1) is 22.2. The van der Waals surface area contributed by atoms with Gasteiger partial charge in [0, 0.05) is 6.42 Å². The number of furan rings is 1. The van der Waals surface area contributed by atoms with Crippen molar-refractivity contribution in [1.29, 1.82) is 0 Å². The molecule has 2 aromatic carbocycles. The average molecular weight is 473 g/mol. The Kier molecular flexibility index (Phi) is 6.38. The smallest absolute Gasteiger partial charge is 0.230 e. The van der Waals surface area contributed by atoms with E-state index in [0.717, 1.165) is 34.3 Å². The third kappa shape index (κ3) is 4.73. The van der Waals surface area contributed by atoms with Gasteiger partial charge in [-0.3, -0.25) is 9.69 Å². The van der Waals surface area contributed by atoms with Crippen LogP contribution in [0, 0.1) is 5.82 Å². The molecule has 0 aliphatic rings. The summed E-state index contributed by atoms with van der Waals surface area (Å²) in [5.41, 5.74) is 1.92. The number of hydrogen-bond donors (Lipinski definition) is 0. The maximum Gasteiger partial charge on any atom is 0.230 e. The molecule has 9 heteroatoms. The molecule has 4 aromatic rings. The molecular formula is C23H21FN2O4S2. The Labute approximate surface area is 189 Å². The summed E-state index contributed by atoms with van der Waals surface area (Å²) in [5.74, 6) is -0.733. The lowest BCUT2D eigenvalue weighted by Crippen LogP contribution is -2.31. The summed E-state index contributed by atoms with van der Waals surface area (Å²) >= 11 is 1.38. The molecule has 2 aromatic heterocycles. The van der Waals surface area contributed by atoms with Gasteiger partial charge in [0.1, 0.15) is 11.6 Å². The molecule has 0 aliphatic heterocycles. The number of anilines is 1. The minimum absolute atomic E-state index is 0.0168. The third-order valence-electron chi connectivity index (χ3n) is 5.06. The van der Waals surface area contributed by atoms with Gasteiger partial charge in [-0.2, -0.15) is 0 Å². The van der Waals surface area contributed by atoms with Crippen molar-refractivity contribution in [3.63, 3.8) is 0 Å². The number of aryl methyl sites for hydroxylation is 1. The predicted molar refractivity (Wildman–Crippen MR) is 122 cm³/mol. The van der Waals surface area contributed by atoms with Crippen LogP contribution in [-0.2, 0) is 27.6 Å². The van der Waals surface area contributed by atoms with Crippen LogP contribution in [0.5, 0.6) is 0 Å². The number of para-hydroxylation sites is 1. The molecule has 0 saturated carbocycles. The molecule has 0 bridgehead atoms. The number of carbonyl (C=O) groups excluding carboxylic acids is 1. The summed E-state index contributed by atoms with van der Waals surface area (Å²) < 4.78 is 44.7. The number of nitrogens with zero attached hydrogens (tertiary/aromatic N) is 2. The Balaban J connectivity index is 1.60. The summed E-state index contributed by atoms with van der Waals surface area (Å²) in [4.78, 5) is 19.3. The average Bonchev–Trinajstić information content (AvgIpc) is 3.45. The largest absolute Gasteiger partial charge is 0.467 e. The van der Waals surface area contributed by atoms with Gasteiger partial charge < -0.3 is 4.42 Å². The molecule has 6 nitrogen and oxygen atoms in total. The molecule has 0 unspecified atom stereocenters. The molecule has 4 rings (SSSR count). The minimum atomic E-state index is -3.74. The maximum absolute atomic E-state index is 13.2. The lowest BCUT2D eigenvalue weighted by molar-refractivity contribution is -0.118. The molecular weight excluding hydrogens is 451 g/mol. The Morgan fingerprint density at radius 2 is 1.91 bits per heavy atom. The summed E-state index contributed by atoms with van der Waals surface area (Å²) in [7, 11) is -3.74. The molecule has 1 amide bonds. The summed E-state index contributed by atoms with van der Waals surface area (Å²) in [6.07, 6.45) is 2.09. The monoisotopic (exact) mass is 472 g/mol.